The van der Waals surface area contributed by atoms with E-state index in [1.165, 1.54) is 0 Å². The Bertz CT molecular complexity index is 497. The summed E-state index contributed by atoms with van der Waals surface area (Å²) in [6.07, 6.45) is -20.4. The van der Waals surface area contributed by atoms with Crippen LogP contribution >= 0.6 is 0 Å². The first-order chi connectivity index (χ1) is 11.3. The van der Waals surface area contributed by atoms with Gasteiger partial charge in [-0.1, -0.05) is 0 Å². The molecule has 2 atom stereocenters. The van der Waals surface area contributed by atoms with E-state index in [1.807, 2.05) is 0 Å². The van der Waals surface area contributed by atoms with Crippen molar-refractivity contribution < 1.29 is 61.5 Å². The van der Waals surface area contributed by atoms with Crippen LogP contribution in [-0.2, 0) is 0 Å². The molecule has 0 heterocycles. The monoisotopic (exact) mass is 418 g/mol. The molecule has 0 spiro atoms. The Kier molecular flexibility index (Phi) is 5.57. The standard InChI is InChI=1S/C12H8F14/c13-6(8(15,16)17)7(14,5-3-1-2-4-5)9(18,19)10(20,21)11(22,23)12(24,25)26/h1,5H,2-4H2. The molecular weight excluding hydrogens is 410 g/mol. The molecule has 1 aliphatic rings. The van der Waals surface area contributed by atoms with Crippen LogP contribution in [0.4, 0.5) is 61.5 Å². The van der Waals surface area contributed by atoms with Crippen molar-refractivity contribution in [2.75, 3.05) is 0 Å². The highest BCUT2D eigenvalue weighted by atomic mass is 19.4. The van der Waals surface area contributed by atoms with Gasteiger partial charge in [-0.05, 0) is 25.7 Å². The zero-order chi connectivity index (χ0) is 21.0. The number of halogens is 14. The fraction of sp³-hybridized carbons (Fsp3) is 0.833. The van der Waals surface area contributed by atoms with Crippen LogP contribution < -0.4 is 0 Å². The Morgan fingerprint density at radius 2 is 1.15 bits per heavy atom. The maximum absolute atomic E-state index is 14.5. The molecule has 0 aromatic carbocycles. The molecule has 0 aromatic rings. The quantitative estimate of drug-likeness (QED) is 0.465. The summed E-state index contributed by atoms with van der Waals surface area (Å²) < 4.78 is 181. The van der Waals surface area contributed by atoms with Gasteiger partial charge in [-0.3, -0.25) is 0 Å². The van der Waals surface area contributed by atoms with Crippen LogP contribution in [0.1, 0.15) is 19.3 Å². The van der Waals surface area contributed by atoms with E-state index in [0.29, 0.717) is 0 Å². The first-order valence-electron chi connectivity index (χ1n) is 6.57. The van der Waals surface area contributed by atoms with E-state index in [1.54, 1.807) is 0 Å². The summed E-state index contributed by atoms with van der Waals surface area (Å²) in [7, 11) is 0. The van der Waals surface area contributed by atoms with Gasteiger partial charge < -0.3 is 0 Å². The summed E-state index contributed by atoms with van der Waals surface area (Å²) in [6.45, 7) is 0. The van der Waals surface area contributed by atoms with Crippen molar-refractivity contribution in [2.45, 2.75) is 55.1 Å². The Morgan fingerprint density at radius 1 is 0.692 bits per heavy atom. The Morgan fingerprint density at radius 3 is 1.46 bits per heavy atom. The van der Waals surface area contributed by atoms with E-state index in [-0.39, 0.29) is 0 Å². The summed E-state index contributed by atoms with van der Waals surface area (Å²) in [5.74, 6) is -25.7. The largest absolute Gasteiger partial charge is 0.460 e. The molecule has 0 aliphatic heterocycles. The highest BCUT2D eigenvalue weighted by Gasteiger charge is 2.89. The first kappa shape index (κ1) is 23.1. The zero-order valence-corrected chi connectivity index (χ0v) is 12.1. The van der Waals surface area contributed by atoms with E-state index >= 15 is 0 Å². The van der Waals surface area contributed by atoms with Gasteiger partial charge in [0.1, 0.15) is 0 Å². The lowest BCUT2D eigenvalue weighted by Crippen LogP contribution is -2.70. The molecule has 1 rings (SSSR count). The van der Waals surface area contributed by atoms with Crippen molar-refractivity contribution in [1.82, 2.24) is 0 Å². The molecule has 26 heavy (non-hydrogen) atoms. The summed E-state index contributed by atoms with van der Waals surface area (Å²) >= 11 is 0. The third-order valence-corrected chi connectivity index (χ3v) is 3.90. The predicted octanol–water partition coefficient (Wildman–Crippen LogP) is 6.23. The van der Waals surface area contributed by atoms with Gasteiger partial charge in [0.15, 0.2) is 0 Å². The molecule has 14 heteroatoms. The molecule has 0 nitrogen and oxygen atoms in total. The summed E-state index contributed by atoms with van der Waals surface area (Å²) in [4.78, 5) is 0. The van der Waals surface area contributed by atoms with Crippen molar-refractivity contribution in [3.63, 3.8) is 0 Å². The molecule has 0 aromatic heterocycles. The van der Waals surface area contributed by atoms with Crippen LogP contribution in [0.3, 0.4) is 0 Å². The van der Waals surface area contributed by atoms with E-state index in [4.69, 9.17) is 0 Å². The molecule has 1 fully saturated rings. The van der Waals surface area contributed by atoms with Gasteiger partial charge in [0.2, 0.25) is 5.67 Å². The van der Waals surface area contributed by atoms with Crippen LogP contribution in [0.2, 0.25) is 0 Å². The molecule has 2 radical (unpaired) electrons. The van der Waals surface area contributed by atoms with E-state index in [2.05, 4.69) is 0 Å². The van der Waals surface area contributed by atoms with Crippen LogP contribution in [0, 0.1) is 18.5 Å². The molecular formula is C12H8F14. The first-order valence-corrected chi connectivity index (χ1v) is 6.57. The second-order valence-corrected chi connectivity index (χ2v) is 5.54. The molecule has 1 aliphatic carbocycles. The van der Waals surface area contributed by atoms with Gasteiger partial charge in [0.25, 0.3) is 6.17 Å². The average molecular weight is 418 g/mol. The minimum atomic E-state index is -7.72. The number of hydrogen-bond acceptors (Lipinski definition) is 0. The van der Waals surface area contributed by atoms with Crippen molar-refractivity contribution in [1.29, 1.82) is 0 Å². The van der Waals surface area contributed by atoms with Crippen LogP contribution in [0.25, 0.3) is 0 Å². The Balaban J connectivity index is 3.62. The summed E-state index contributed by atoms with van der Waals surface area (Å²) in [5.41, 5.74) is -6.14. The van der Waals surface area contributed by atoms with E-state index < -0.39 is 67.1 Å². The number of rotatable bonds is 5. The summed E-state index contributed by atoms with van der Waals surface area (Å²) in [5, 5.41) is 0. The summed E-state index contributed by atoms with van der Waals surface area (Å²) in [6, 6.07) is 0. The second kappa shape index (κ2) is 6.28. The number of alkyl halides is 13. The van der Waals surface area contributed by atoms with E-state index in [9.17, 15) is 61.5 Å². The fourth-order valence-electron chi connectivity index (χ4n) is 2.50. The lowest BCUT2D eigenvalue weighted by atomic mass is 9.75. The predicted molar refractivity (Wildman–Crippen MR) is 56.8 cm³/mol. The number of hydrogen-bond donors (Lipinski definition) is 0. The second-order valence-electron chi connectivity index (χ2n) is 5.54. The molecule has 0 amide bonds. The molecule has 154 valence electrons. The third kappa shape index (κ3) is 3.10. The minimum Gasteiger partial charge on any atom is -0.232 e. The molecule has 2 unspecified atom stereocenters. The van der Waals surface area contributed by atoms with Crippen molar-refractivity contribution in [2.24, 2.45) is 5.92 Å². The van der Waals surface area contributed by atoms with Gasteiger partial charge in [0.05, 0.1) is 0 Å². The molecule has 1 saturated carbocycles. The van der Waals surface area contributed by atoms with Gasteiger partial charge in [-0.2, -0.15) is 52.7 Å². The topological polar surface area (TPSA) is 0 Å². The maximum Gasteiger partial charge on any atom is 0.460 e. The zero-order valence-electron chi connectivity index (χ0n) is 12.1. The van der Waals surface area contributed by atoms with E-state index in [0.717, 1.165) is 6.42 Å². The molecule has 0 bridgehead atoms. The molecule has 0 saturated heterocycles. The van der Waals surface area contributed by atoms with Crippen molar-refractivity contribution in [3.05, 3.63) is 12.6 Å². The maximum atomic E-state index is 14.5. The van der Waals surface area contributed by atoms with Gasteiger partial charge >= 0.3 is 30.1 Å². The van der Waals surface area contributed by atoms with Crippen molar-refractivity contribution >= 4 is 0 Å². The minimum absolute atomic E-state index is 0.473. The Labute approximate surface area is 136 Å². The highest BCUT2D eigenvalue weighted by Crippen LogP contribution is 2.64. The lowest BCUT2D eigenvalue weighted by Gasteiger charge is -2.44. The SMILES string of the molecule is F[C](C(F)(F)F)C(F)(C1C[CH]CC1)C(F)(F)C(F)(F)C(F)(F)C(F)(F)F. The average Bonchev–Trinajstić information content (AvgIpc) is 2.97. The van der Waals surface area contributed by atoms with Crippen molar-refractivity contribution in [3.8, 4) is 0 Å². The fourth-order valence-corrected chi connectivity index (χ4v) is 2.50. The van der Waals surface area contributed by atoms with Crippen LogP contribution in [-0.4, -0.2) is 35.8 Å². The van der Waals surface area contributed by atoms with Crippen LogP contribution in [0.5, 0.6) is 0 Å². The van der Waals surface area contributed by atoms with Crippen LogP contribution in [0.15, 0.2) is 0 Å². The smallest absolute Gasteiger partial charge is 0.232 e. The molecule has 0 N–H and O–H groups in total. The Hall–Kier alpha value is -0.980. The van der Waals surface area contributed by atoms with Gasteiger partial charge in [-0.25, -0.2) is 8.78 Å². The lowest BCUT2D eigenvalue weighted by molar-refractivity contribution is -0.417. The highest BCUT2D eigenvalue weighted by molar-refractivity contribution is 5.23. The normalized spacial score (nSPS) is 21.3. The van der Waals surface area contributed by atoms with Gasteiger partial charge in [-0.15, -0.1) is 0 Å². The van der Waals surface area contributed by atoms with Gasteiger partial charge in [0, 0.05) is 5.92 Å². The third-order valence-electron chi connectivity index (χ3n) is 3.90.